The fourth-order valence-electron chi connectivity index (χ4n) is 2.30. The molecule has 1 atom stereocenters. The van der Waals surface area contributed by atoms with Crippen LogP contribution in [0.4, 0.5) is 0 Å². The summed E-state index contributed by atoms with van der Waals surface area (Å²) in [4.78, 5) is 4.68. The van der Waals surface area contributed by atoms with Gasteiger partial charge in [0.05, 0.1) is 11.7 Å². The molecule has 2 rings (SSSR count). The first-order valence-electron chi connectivity index (χ1n) is 6.95. The Morgan fingerprint density at radius 2 is 1.84 bits per heavy atom. The molecule has 1 N–H and O–H groups in total. The first kappa shape index (κ1) is 13.8. The molecule has 1 aromatic carbocycles. The van der Waals surface area contributed by atoms with Gasteiger partial charge in [0, 0.05) is 5.69 Å². The molecule has 100 valence electrons. The van der Waals surface area contributed by atoms with Crippen molar-refractivity contribution in [3.63, 3.8) is 0 Å². The van der Waals surface area contributed by atoms with Gasteiger partial charge in [0.1, 0.15) is 0 Å². The van der Waals surface area contributed by atoms with E-state index in [1.54, 1.807) is 0 Å². The van der Waals surface area contributed by atoms with Gasteiger partial charge in [-0.15, -0.1) is 0 Å². The lowest BCUT2D eigenvalue weighted by atomic mass is 9.98. The summed E-state index contributed by atoms with van der Waals surface area (Å²) in [6.45, 7) is 7.38. The van der Waals surface area contributed by atoms with Gasteiger partial charge in [0.25, 0.3) is 0 Å². The molecule has 0 aliphatic rings. The third-order valence-electron chi connectivity index (χ3n) is 3.30. The minimum Gasteiger partial charge on any atom is -0.305 e. The van der Waals surface area contributed by atoms with Crippen molar-refractivity contribution in [1.29, 1.82) is 0 Å². The SMILES string of the molecule is CCCNC(c1cccc(C)n1)c1ccccc1C. The van der Waals surface area contributed by atoms with E-state index in [2.05, 4.69) is 60.5 Å². The number of hydrogen-bond acceptors (Lipinski definition) is 2. The number of benzene rings is 1. The van der Waals surface area contributed by atoms with E-state index >= 15 is 0 Å². The predicted octanol–water partition coefficient (Wildman–Crippen LogP) is 3.79. The number of rotatable bonds is 5. The van der Waals surface area contributed by atoms with Gasteiger partial charge in [0.2, 0.25) is 0 Å². The fraction of sp³-hybridized carbons (Fsp3) is 0.353. The molecule has 1 unspecified atom stereocenters. The third-order valence-corrected chi connectivity index (χ3v) is 3.30. The molecule has 2 aromatic rings. The van der Waals surface area contributed by atoms with E-state index < -0.39 is 0 Å². The molecule has 0 aliphatic heterocycles. The van der Waals surface area contributed by atoms with Crippen LogP contribution in [0.1, 0.15) is 41.9 Å². The summed E-state index contributed by atoms with van der Waals surface area (Å²) in [5.41, 5.74) is 4.78. The van der Waals surface area contributed by atoms with Gasteiger partial charge in [-0.25, -0.2) is 0 Å². The maximum atomic E-state index is 4.68. The minimum absolute atomic E-state index is 0.182. The Balaban J connectivity index is 2.38. The van der Waals surface area contributed by atoms with Crippen LogP contribution >= 0.6 is 0 Å². The molecule has 0 fully saturated rings. The molecular formula is C17H22N2. The molecule has 1 heterocycles. The monoisotopic (exact) mass is 254 g/mol. The van der Waals surface area contributed by atoms with Crippen LogP contribution in [-0.2, 0) is 0 Å². The Hall–Kier alpha value is -1.67. The van der Waals surface area contributed by atoms with Crippen LogP contribution in [0.2, 0.25) is 0 Å². The van der Waals surface area contributed by atoms with E-state index in [0.717, 1.165) is 24.4 Å². The van der Waals surface area contributed by atoms with Crippen molar-refractivity contribution in [3.8, 4) is 0 Å². The Bertz CT molecular complexity index is 534. The topological polar surface area (TPSA) is 24.9 Å². The van der Waals surface area contributed by atoms with E-state index in [9.17, 15) is 0 Å². The molecule has 2 nitrogen and oxygen atoms in total. The van der Waals surface area contributed by atoms with Gasteiger partial charge in [-0.05, 0) is 50.1 Å². The highest BCUT2D eigenvalue weighted by Crippen LogP contribution is 2.23. The number of pyridine rings is 1. The predicted molar refractivity (Wildman–Crippen MR) is 80.3 cm³/mol. The molecule has 0 saturated heterocycles. The van der Waals surface area contributed by atoms with E-state index in [-0.39, 0.29) is 6.04 Å². The molecule has 0 saturated carbocycles. The largest absolute Gasteiger partial charge is 0.305 e. The van der Waals surface area contributed by atoms with Crippen molar-refractivity contribution in [2.75, 3.05) is 6.54 Å². The zero-order valence-corrected chi connectivity index (χ0v) is 12.0. The second-order valence-corrected chi connectivity index (χ2v) is 4.95. The lowest BCUT2D eigenvalue weighted by Crippen LogP contribution is -2.24. The summed E-state index contributed by atoms with van der Waals surface area (Å²) >= 11 is 0. The molecule has 1 aromatic heterocycles. The van der Waals surface area contributed by atoms with E-state index in [1.807, 2.05) is 13.0 Å². The number of hydrogen-bond donors (Lipinski definition) is 1. The Morgan fingerprint density at radius 1 is 1.05 bits per heavy atom. The first-order chi connectivity index (χ1) is 9.22. The van der Waals surface area contributed by atoms with Gasteiger partial charge in [-0.2, -0.15) is 0 Å². The lowest BCUT2D eigenvalue weighted by molar-refractivity contribution is 0.583. The zero-order chi connectivity index (χ0) is 13.7. The standard InChI is InChI=1S/C17H22N2/c1-4-12-18-17(15-10-6-5-8-13(15)2)16-11-7-9-14(3)19-16/h5-11,17-18H,4,12H2,1-3H3. The lowest BCUT2D eigenvalue weighted by Gasteiger charge is -2.20. The molecule has 0 spiro atoms. The van der Waals surface area contributed by atoms with Gasteiger partial charge in [-0.1, -0.05) is 37.3 Å². The third kappa shape index (κ3) is 3.42. The summed E-state index contributed by atoms with van der Waals surface area (Å²) < 4.78 is 0. The van der Waals surface area contributed by atoms with Crippen molar-refractivity contribution in [1.82, 2.24) is 10.3 Å². The molecule has 0 aliphatic carbocycles. The normalized spacial score (nSPS) is 12.4. The molecule has 2 heteroatoms. The number of nitrogens with zero attached hydrogens (tertiary/aromatic N) is 1. The van der Waals surface area contributed by atoms with Crippen LogP contribution in [0.5, 0.6) is 0 Å². The second kappa shape index (κ2) is 6.48. The summed E-state index contributed by atoms with van der Waals surface area (Å²) in [5.74, 6) is 0. The summed E-state index contributed by atoms with van der Waals surface area (Å²) in [5, 5.41) is 3.61. The summed E-state index contributed by atoms with van der Waals surface area (Å²) in [6.07, 6.45) is 1.12. The number of aromatic nitrogens is 1. The van der Waals surface area contributed by atoms with Crippen molar-refractivity contribution >= 4 is 0 Å². The van der Waals surface area contributed by atoms with Crippen LogP contribution in [-0.4, -0.2) is 11.5 Å². The first-order valence-corrected chi connectivity index (χ1v) is 6.95. The van der Waals surface area contributed by atoms with Crippen LogP contribution in [0.3, 0.4) is 0 Å². The van der Waals surface area contributed by atoms with E-state index in [0.29, 0.717) is 0 Å². The van der Waals surface area contributed by atoms with Crippen molar-refractivity contribution in [2.45, 2.75) is 33.2 Å². The summed E-state index contributed by atoms with van der Waals surface area (Å²) in [7, 11) is 0. The average molecular weight is 254 g/mol. The van der Waals surface area contributed by atoms with Crippen molar-refractivity contribution < 1.29 is 0 Å². The molecule has 0 amide bonds. The van der Waals surface area contributed by atoms with Crippen molar-refractivity contribution in [3.05, 3.63) is 65.0 Å². The van der Waals surface area contributed by atoms with Gasteiger partial charge in [0.15, 0.2) is 0 Å². The van der Waals surface area contributed by atoms with Crippen LogP contribution in [0.15, 0.2) is 42.5 Å². The highest BCUT2D eigenvalue weighted by molar-refractivity contribution is 5.34. The van der Waals surface area contributed by atoms with E-state index in [1.165, 1.54) is 11.1 Å². The molecular weight excluding hydrogens is 232 g/mol. The zero-order valence-electron chi connectivity index (χ0n) is 12.0. The average Bonchev–Trinajstić information content (AvgIpc) is 2.41. The number of nitrogens with one attached hydrogen (secondary N) is 1. The Labute approximate surface area is 115 Å². The van der Waals surface area contributed by atoms with Crippen LogP contribution < -0.4 is 5.32 Å². The smallest absolute Gasteiger partial charge is 0.0754 e. The second-order valence-electron chi connectivity index (χ2n) is 4.95. The highest BCUT2D eigenvalue weighted by Gasteiger charge is 2.16. The molecule has 0 bridgehead atoms. The van der Waals surface area contributed by atoms with Gasteiger partial charge >= 0.3 is 0 Å². The maximum Gasteiger partial charge on any atom is 0.0754 e. The summed E-state index contributed by atoms with van der Waals surface area (Å²) in [6, 6.07) is 14.9. The quantitative estimate of drug-likeness (QED) is 0.878. The van der Waals surface area contributed by atoms with Crippen molar-refractivity contribution in [2.24, 2.45) is 0 Å². The Morgan fingerprint density at radius 3 is 2.53 bits per heavy atom. The van der Waals surface area contributed by atoms with Crippen LogP contribution in [0, 0.1) is 13.8 Å². The Kier molecular flexibility index (Phi) is 4.69. The highest BCUT2D eigenvalue weighted by atomic mass is 14.9. The van der Waals surface area contributed by atoms with Crippen LogP contribution in [0.25, 0.3) is 0 Å². The van der Waals surface area contributed by atoms with Gasteiger partial charge < -0.3 is 5.32 Å². The fourth-order valence-corrected chi connectivity index (χ4v) is 2.30. The molecule has 19 heavy (non-hydrogen) atoms. The van der Waals surface area contributed by atoms with E-state index in [4.69, 9.17) is 0 Å². The van der Waals surface area contributed by atoms with Gasteiger partial charge in [-0.3, -0.25) is 4.98 Å². The maximum absolute atomic E-state index is 4.68. The number of aryl methyl sites for hydroxylation is 2. The minimum atomic E-state index is 0.182. The molecule has 0 radical (unpaired) electrons.